The number of carboxylic acids is 1. The molecule has 2 aromatic carbocycles. The molecule has 18 heavy (non-hydrogen) atoms. The van der Waals surface area contributed by atoms with Crippen LogP contribution in [0, 0.1) is 11.6 Å². The van der Waals surface area contributed by atoms with E-state index in [9.17, 15) is 13.6 Å². The van der Waals surface area contributed by atoms with Crippen molar-refractivity contribution in [2.45, 2.75) is 0 Å². The quantitative estimate of drug-likeness (QED) is 0.894. The number of carbonyl (C=O) groups is 1. The zero-order valence-electron chi connectivity index (χ0n) is 8.95. The van der Waals surface area contributed by atoms with Crippen molar-refractivity contribution < 1.29 is 18.7 Å². The number of aromatic carboxylic acids is 1. The average molecular weight is 269 g/mol. The summed E-state index contributed by atoms with van der Waals surface area (Å²) in [6.45, 7) is 0. The van der Waals surface area contributed by atoms with E-state index in [1.54, 1.807) is 0 Å². The van der Waals surface area contributed by atoms with E-state index in [1.165, 1.54) is 18.2 Å². The fraction of sp³-hybridized carbons (Fsp3) is 0. The lowest BCUT2D eigenvalue weighted by atomic mass is 9.99. The first kappa shape index (κ1) is 12.5. The SMILES string of the molecule is O=C(O)c1cc(Cl)ccc1-c1cc(F)cc(F)c1. The Balaban J connectivity index is 2.66. The lowest BCUT2D eigenvalue weighted by Crippen LogP contribution is -2.00. The molecule has 0 aliphatic rings. The molecule has 2 aromatic rings. The largest absolute Gasteiger partial charge is 0.478 e. The zero-order chi connectivity index (χ0) is 13.3. The molecule has 0 atom stereocenters. The Kier molecular flexibility index (Phi) is 3.30. The van der Waals surface area contributed by atoms with Gasteiger partial charge in [0.05, 0.1) is 5.56 Å². The van der Waals surface area contributed by atoms with E-state index >= 15 is 0 Å². The monoisotopic (exact) mass is 268 g/mol. The first-order chi connectivity index (χ1) is 8.47. The Morgan fingerprint density at radius 1 is 1.06 bits per heavy atom. The third-order valence-electron chi connectivity index (χ3n) is 2.39. The van der Waals surface area contributed by atoms with Crippen molar-refractivity contribution in [2.75, 3.05) is 0 Å². The minimum Gasteiger partial charge on any atom is -0.478 e. The Morgan fingerprint density at radius 3 is 2.22 bits per heavy atom. The summed E-state index contributed by atoms with van der Waals surface area (Å²) in [4.78, 5) is 11.1. The van der Waals surface area contributed by atoms with Crippen LogP contribution in [-0.4, -0.2) is 11.1 Å². The summed E-state index contributed by atoms with van der Waals surface area (Å²) in [6, 6.07) is 6.98. The third kappa shape index (κ3) is 2.49. The van der Waals surface area contributed by atoms with Gasteiger partial charge in [-0.05, 0) is 35.4 Å². The molecule has 0 amide bonds. The number of rotatable bonds is 2. The molecule has 0 heterocycles. The van der Waals surface area contributed by atoms with E-state index in [4.69, 9.17) is 16.7 Å². The van der Waals surface area contributed by atoms with Gasteiger partial charge in [-0.2, -0.15) is 0 Å². The van der Waals surface area contributed by atoms with Crippen LogP contribution in [-0.2, 0) is 0 Å². The molecule has 2 rings (SSSR count). The lowest BCUT2D eigenvalue weighted by Gasteiger charge is -2.07. The summed E-state index contributed by atoms with van der Waals surface area (Å²) in [7, 11) is 0. The fourth-order valence-corrected chi connectivity index (χ4v) is 1.83. The van der Waals surface area contributed by atoms with Crippen molar-refractivity contribution in [1.29, 1.82) is 0 Å². The van der Waals surface area contributed by atoms with Crippen molar-refractivity contribution >= 4 is 17.6 Å². The van der Waals surface area contributed by atoms with Gasteiger partial charge in [0.1, 0.15) is 11.6 Å². The molecule has 0 spiro atoms. The predicted molar refractivity (Wildman–Crippen MR) is 63.8 cm³/mol. The van der Waals surface area contributed by atoms with Crippen LogP contribution in [0.4, 0.5) is 8.78 Å². The van der Waals surface area contributed by atoms with Crippen molar-refractivity contribution in [3.05, 3.63) is 58.6 Å². The molecule has 0 aliphatic heterocycles. The molecule has 1 N–H and O–H groups in total. The second-order valence-corrected chi connectivity index (χ2v) is 4.09. The average Bonchev–Trinajstić information content (AvgIpc) is 2.27. The standard InChI is InChI=1S/C13H7ClF2O2/c14-8-1-2-11(12(5-8)13(17)18)7-3-9(15)6-10(16)4-7/h1-6H,(H,17,18). The van der Waals surface area contributed by atoms with E-state index in [2.05, 4.69) is 0 Å². The van der Waals surface area contributed by atoms with Crippen LogP contribution in [0.25, 0.3) is 11.1 Å². The van der Waals surface area contributed by atoms with Gasteiger partial charge in [-0.1, -0.05) is 17.7 Å². The molecule has 0 saturated carbocycles. The molecule has 0 aliphatic carbocycles. The number of benzene rings is 2. The number of hydrogen-bond donors (Lipinski definition) is 1. The highest BCUT2D eigenvalue weighted by atomic mass is 35.5. The molecule has 0 bridgehead atoms. The first-order valence-corrected chi connectivity index (χ1v) is 5.34. The van der Waals surface area contributed by atoms with Crippen LogP contribution in [0.3, 0.4) is 0 Å². The van der Waals surface area contributed by atoms with E-state index in [0.29, 0.717) is 0 Å². The van der Waals surface area contributed by atoms with Crippen molar-refractivity contribution in [1.82, 2.24) is 0 Å². The minimum atomic E-state index is -1.21. The van der Waals surface area contributed by atoms with Crippen LogP contribution in [0.2, 0.25) is 5.02 Å². The topological polar surface area (TPSA) is 37.3 Å². The molecule has 0 saturated heterocycles. The van der Waals surface area contributed by atoms with E-state index in [1.807, 2.05) is 0 Å². The van der Waals surface area contributed by atoms with Gasteiger partial charge in [0.2, 0.25) is 0 Å². The van der Waals surface area contributed by atoms with E-state index < -0.39 is 17.6 Å². The van der Waals surface area contributed by atoms with Gasteiger partial charge in [-0.15, -0.1) is 0 Å². The summed E-state index contributed by atoms with van der Waals surface area (Å²) in [5.74, 6) is -2.75. The van der Waals surface area contributed by atoms with Gasteiger partial charge >= 0.3 is 5.97 Å². The second-order valence-electron chi connectivity index (χ2n) is 3.65. The molecule has 0 radical (unpaired) electrons. The van der Waals surface area contributed by atoms with Crippen molar-refractivity contribution in [3.8, 4) is 11.1 Å². The van der Waals surface area contributed by atoms with E-state index in [-0.39, 0.29) is 21.7 Å². The molecule has 0 aromatic heterocycles. The highest BCUT2D eigenvalue weighted by molar-refractivity contribution is 6.31. The molecule has 2 nitrogen and oxygen atoms in total. The molecular weight excluding hydrogens is 262 g/mol. The van der Waals surface area contributed by atoms with Crippen LogP contribution in [0.15, 0.2) is 36.4 Å². The van der Waals surface area contributed by atoms with Gasteiger partial charge in [0, 0.05) is 11.1 Å². The maximum atomic E-state index is 13.1. The number of halogens is 3. The summed E-state index contributed by atoms with van der Waals surface area (Å²) < 4.78 is 26.2. The predicted octanol–water partition coefficient (Wildman–Crippen LogP) is 3.98. The molecule has 92 valence electrons. The molecule has 0 fully saturated rings. The number of carboxylic acid groups (broad SMARTS) is 1. The molecule has 5 heteroatoms. The van der Waals surface area contributed by atoms with E-state index in [0.717, 1.165) is 18.2 Å². The molecular formula is C13H7ClF2O2. The van der Waals surface area contributed by atoms with Crippen LogP contribution >= 0.6 is 11.6 Å². The van der Waals surface area contributed by atoms with Crippen LogP contribution < -0.4 is 0 Å². The van der Waals surface area contributed by atoms with Gasteiger partial charge in [-0.3, -0.25) is 0 Å². The molecule has 0 unspecified atom stereocenters. The minimum absolute atomic E-state index is 0.104. The van der Waals surface area contributed by atoms with Gasteiger partial charge < -0.3 is 5.11 Å². The number of hydrogen-bond acceptors (Lipinski definition) is 1. The Hall–Kier alpha value is -1.94. The van der Waals surface area contributed by atoms with Gasteiger partial charge in [0.25, 0.3) is 0 Å². The highest BCUT2D eigenvalue weighted by Gasteiger charge is 2.13. The summed E-state index contributed by atoms with van der Waals surface area (Å²) in [5.41, 5.74) is 0.263. The maximum absolute atomic E-state index is 13.1. The first-order valence-electron chi connectivity index (χ1n) is 4.96. The summed E-state index contributed by atoms with van der Waals surface area (Å²) in [5, 5.41) is 9.29. The van der Waals surface area contributed by atoms with Gasteiger partial charge in [0.15, 0.2) is 0 Å². The van der Waals surface area contributed by atoms with Crippen LogP contribution in [0.5, 0.6) is 0 Å². The summed E-state index contributed by atoms with van der Waals surface area (Å²) >= 11 is 5.70. The Labute approximate surface area is 106 Å². The van der Waals surface area contributed by atoms with Gasteiger partial charge in [-0.25, -0.2) is 13.6 Å². The Bertz CT molecular complexity index is 606. The lowest BCUT2D eigenvalue weighted by molar-refractivity contribution is 0.0697. The Morgan fingerprint density at radius 2 is 1.67 bits per heavy atom. The smallest absolute Gasteiger partial charge is 0.336 e. The van der Waals surface area contributed by atoms with Crippen molar-refractivity contribution in [2.24, 2.45) is 0 Å². The fourth-order valence-electron chi connectivity index (χ4n) is 1.65. The van der Waals surface area contributed by atoms with Crippen molar-refractivity contribution in [3.63, 3.8) is 0 Å². The third-order valence-corrected chi connectivity index (χ3v) is 2.62. The highest BCUT2D eigenvalue weighted by Crippen LogP contribution is 2.27. The summed E-state index contributed by atoms with van der Waals surface area (Å²) in [6.07, 6.45) is 0. The maximum Gasteiger partial charge on any atom is 0.336 e. The normalized spacial score (nSPS) is 10.4. The second kappa shape index (κ2) is 4.74. The zero-order valence-corrected chi connectivity index (χ0v) is 9.71. The van der Waals surface area contributed by atoms with Crippen LogP contribution in [0.1, 0.15) is 10.4 Å².